The molecule has 0 heterocycles. The Hall–Kier alpha value is -2.45. The summed E-state index contributed by atoms with van der Waals surface area (Å²) in [7, 11) is -4.04. The van der Waals surface area contributed by atoms with Crippen molar-refractivity contribution >= 4 is 16.0 Å². The highest BCUT2D eigenvalue weighted by Crippen LogP contribution is 2.17. The van der Waals surface area contributed by atoms with E-state index < -0.39 is 27.4 Å². The molecule has 0 aromatic heterocycles. The highest BCUT2D eigenvalue weighted by molar-refractivity contribution is 7.89. The normalized spacial score (nSPS) is 11.1. The van der Waals surface area contributed by atoms with E-state index in [0.717, 1.165) is 23.8 Å². The maximum absolute atomic E-state index is 13.7. The smallest absolute Gasteiger partial charge is 0.341 e. The molecule has 128 valence electrons. The number of sulfonamides is 1. The molecule has 0 aliphatic heterocycles. The number of hydrogen-bond acceptors (Lipinski definition) is 5. The summed E-state index contributed by atoms with van der Waals surface area (Å²) in [4.78, 5) is 11.5. The maximum atomic E-state index is 13.7. The van der Waals surface area contributed by atoms with Gasteiger partial charge in [0.2, 0.25) is 10.0 Å². The molecule has 2 aromatic rings. The van der Waals surface area contributed by atoms with Gasteiger partial charge in [0.1, 0.15) is 24.8 Å². The Morgan fingerprint density at radius 2 is 1.88 bits per heavy atom. The molecule has 0 saturated carbocycles. The largest absolute Gasteiger partial charge is 0.490 e. The fourth-order valence-corrected chi connectivity index (χ4v) is 2.46. The third-order valence-corrected chi connectivity index (χ3v) is 4.06. The summed E-state index contributed by atoms with van der Waals surface area (Å²) >= 11 is 0. The highest BCUT2D eigenvalue weighted by Gasteiger charge is 2.18. The van der Waals surface area contributed by atoms with Gasteiger partial charge in [-0.1, -0.05) is 18.2 Å². The number of ether oxygens (including phenoxy) is 2. The number of primary sulfonamides is 1. The first-order valence-corrected chi connectivity index (χ1v) is 8.51. The highest BCUT2D eigenvalue weighted by atomic mass is 32.2. The molecule has 24 heavy (non-hydrogen) atoms. The number of esters is 1. The lowest BCUT2D eigenvalue weighted by Gasteiger charge is -2.10. The van der Waals surface area contributed by atoms with Crippen LogP contribution in [0.25, 0.3) is 0 Å². The second-order valence-electron chi connectivity index (χ2n) is 4.94. The van der Waals surface area contributed by atoms with E-state index in [1.165, 1.54) is 0 Å². The molecule has 0 atom stereocenters. The number of aryl methyl sites for hydroxylation is 1. The minimum atomic E-state index is -4.04. The van der Waals surface area contributed by atoms with Gasteiger partial charge in [-0.2, -0.15) is 0 Å². The van der Waals surface area contributed by atoms with Crippen molar-refractivity contribution in [3.63, 3.8) is 0 Å². The Morgan fingerprint density at radius 1 is 1.17 bits per heavy atom. The fourth-order valence-electron chi connectivity index (χ4n) is 1.92. The predicted octanol–water partition coefficient (Wildman–Crippen LogP) is 2.02. The van der Waals surface area contributed by atoms with Gasteiger partial charge in [0.25, 0.3) is 0 Å². The van der Waals surface area contributed by atoms with Crippen LogP contribution in [-0.2, 0) is 14.8 Å². The van der Waals surface area contributed by atoms with E-state index in [0.29, 0.717) is 5.75 Å². The van der Waals surface area contributed by atoms with E-state index in [1.54, 1.807) is 6.07 Å². The Kier molecular flexibility index (Phi) is 5.53. The van der Waals surface area contributed by atoms with E-state index >= 15 is 0 Å². The number of nitrogens with two attached hydrogens (primary N) is 1. The number of para-hydroxylation sites is 1. The van der Waals surface area contributed by atoms with Crippen LogP contribution in [0.3, 0.4) is 0 Å². The lowest BCUT2D eigenvalue weighted by atomic mass is 10.2. The number of carbonyl (C=O) groups is 1. The average Bonchev–Trinajstić information content (AvgIpc) is 2.52. The molecule has 0 bridgehead atoms. The van der Waals surface area contributed by atoms with Crippen molar-refractivity contribution in [2.75, 3.05) is 13.2 Å². The Morgan fingerprint density at radius 3 is 2.54 bits per heavy atom. The average molecular weight is 353 g/mol. The van der Waals surface area contributed by atoms with Crippen molar-refractivity contribution in [1.29, 1.82) is 0 Å². The molecule has 2 rings (SSSR count). The minimum absolute atomic E-state index is 0.0765. The Bertz CT molecular complexity index is 851. The van der Waals surface area contributed by atoms with E-state index in [4.69, 9.17) is 14.6 Å². The van der Waals surface area contributed by atoms with Crippen LogP contribution in [0.4, 0.5) is 4.39 Å². The summed E-state index contributed by atoms with van der Waals surface area (Å²) in [5, 5.41) is 4.95. The van der Waals surface area contributed by atoms with E-state index in [9.17, 15) is 17.6 Å². The molecule has 0 unspecified atom stereocenters. The second-order valence-corrected chi connectivity index (χ2v) is 6.50. The molecule has 0 fully saturated rings. The summed E-state index contributed by atoms with van der Waals surface area (Å²) < 4.78 is 46.5. The van der Waals surface area contributed by atoms with Crippen molar-refractivity contribution in [3.05, 3.63) is 59.4 Å². The summed E-state index contributed by atoms with van der Waals surface area (Å²) in [6, 6.07) is 9.98. The van der Waals surface area contributed by atoms with E-state index in [-0.39, 0.29) is 18.1 Å². The first kappa shape index (κ1) is 17.9. The zero-order valence-corrected chi connectivity index (χ0v) is 13.7. The lowest BCUT2D eigenvalue weighted by Crippen LogP contribution is -2.16. The summed E-state index contributed by atoms with van der Waals surface area (Å²) in [6.07, 6.45) is 0. The second kappa shape index (κ2) is 7.41. The van der Waals surface area contributed by atoms with Gasteiger partial charge in [-0.25, -0.2) is 22.7 Å². The van der Waals surface area contributed by atoms with E-state index in [1.807, 2.05) is 25.1 Å². The molecule has 8 heteroatoms. The summed E-state index contributed by atoms with van der Waals surface area (Å²) in [5.74, 6) is -1.24. The number of benzene rings is 2. The van der Waals surface area contributed by atoms with Gasteiger partial charge >= 0.3 is 5.97 Å². The monoisotopic (exact) mass is 353 g/mol. The molecule has 0 aliphatic carbocycles. The van der Waals surface area contributed by atoms with Crippen LogP contribution in [0.1, 0.15) is 15.9 Å². The number of hydrogen-bond donors (Lipinski definition) is 1. The van der Waals surface area contributed by atoms with Gasteiger partial charge in [0, 0.05) is 0 Å². The van der Waals surface area contributed by atoms with Crippen LogP contribution >= 0.6 is 0 Å². The molecule has 0 radical (unpaired) electrons. The van der Waals surface area contributed by atoms with Crippen LogP contribution in [0.15, 0.2) is 47.4 Å². The third-order valence-electron chi connectivity index (χ3n) is 3.15. The first-order chi connectivity index (χ1) is 11.3. The van der Waals surface area contributed by atoms with Gasteiger partial charge in [0.15, 0.2) is 0 Å². The van der Waals surface area contributed by atoms with E-state index in [2.05, 4.69) is 0 Å². The molecule has 0 amide bonds. The molecule has 6 nitrogen and oxygen atoms in total. The van der Waals surface area contributed by atoms with Crippen LogP contribution < -0.4 is 9.88 Å². The van der Waals surface area contributed by atoms with Crippen molar-refractivity contribution in [2.45, 2.75) is 11.8 Å². The predicted molar refractivity (Wildman–Crippen MR) is 84.7 cm³/mol. The SMILES string of the molecule is Cc1ccccc1OCCOC(=O)c1cc(S(N)(=O)=O)ccc1F. The Labute approximate surface area is 139 Å². The zero-order chi connectivity index (χ0) is 17.7. The van der Waals surface area contributed by atoms with Gasteiger partial charge in [-0.3, -0.25) is 0 Å². The van der Waals surface area contributed by atoms with Crippen LogP contribution in [0, 0.1) is 12.7 Å². The number of rotatable bonds is 6. The first-order valence-electron chi connectivity index (χ1n) is 6.97. The van der Waals surface area contributed by atoms with Crippen molar-refractivity contribution in [1.82, 2.24) is 0 Å². The fraction of sp³-hybridized carbons (Fsp3) is 0.188. The van der Waals surface area contributed by atoms with Gasteiger partial charge < -0.3 is 9.47 Å². The zero-order valence-electron chi connectivity index (χ0n) is 12.9. The van der Waals surface area contributed by atoms with Gasteiger partial charge in [-0.15, -0.1) is 0 Å². The molecule has 0 spiro atoms. The molecular formula is C16H16FNO5S. The lowest BCUT2D eigenvalue weighted by molar-refractivity contribution is 0.0444. The molecular weight excluding hydrogens is 337 g/mol. The van der Waals surface area contributed by atoms with Gasteiger partial charge in [0.05, 0.1) is 10.5 Å². The molecule has 2 N–H and O–H groups in total. The topological polar surface area (TPSA) is 95.7 Å². The molecule has 0 saturated heterocycles. The van der Waals surface area contributed by atoms with Crippen LogP contribution in [0.5, 0.6) is 5.75 Å². The Balaban J connectivity index is 1.97. The van der Waals surface area contributed by atoms with Crippen molar-refractivity contribution in [3.8, 4) is 5.75 Å². The van der Waals surface area contributed by atoms with Crippen molar-refractivity contribution in [2.24, 2.45) is 5.14 Å². The standard InChI is InChI=1S/C16H16FNO5S/c1-11-4-2-3-5-15(11)22-8-9-23-16(19)13-10-12(24(18,20)21)6-7-14(13)17/h2-7,10H,8-9H2,1H3,(H2,18,20,21). The third kappa shape index (κ3) is 4.53. The number of carbonyl (C=O) groups excluding carboxylic acids is 1. The van der Waals surface area contributed by atoms with Crippen LogP contribution in [0.2, 0.25) is 0 Å². The quantitative estimate of drug-likeness (QED) is 0.633. The van der Waals surface area contributed by atoms with Gasteiger partial charge in [-0.05, 0) is 36.8 Å². The summed E-state index contributed by atoms with van der Waals surface area (Å²) in [5.41, 5.74) is 0.424. The minimum Gasteiger partial charge on any atom is -0.490 e. The van der Waals surface area contributed by atoms with Crippen molar-refractivity contribution < 1.29 is 27.1 Å². The van der Waals surface area contributed by atoms with Crippen LogP contribution in [-0.4, -0.2) is 27.6 Å². The maximum Gasteiger partial charge on any atom is 0.341 e. The number of halogens is 1. The summed E-state index contributed by atoms with van der Waals surface area (Å²) in [6.45, 7) is 1.83. The molecule has 2 aromatic carbocycles. The molecule has 0 aliphatic rings.